The number of ether oxygens (including phenoxy) is 2. The standard InChI is InChI=1S/C18H34O7/c1-2-3-4-5-6-7-8-9-10-11-12-24-18(23)16-14(20)13(19)15(21)17(22)25-16/h13-17,19-22H,2-12H2,1H3/t13-,14-,15+,16-,17?/m0/s1. The first kappa shape index (κ1) is 22.3. The molecule has 7 nitrogen and oxygen atoms in total. The van der Waals surface area contributed by atoms with Crippen molar-refractivity contribution in [2.24, 2.45) is 0 Å². The van der Waals surface area contributed by atoms with Crippen LogP contribution in [0.5, 0.6) is 0 Å². The summed E-state index contributed by atoms with van der Waals surface area (Å²) in [6.45, 7) is 2.41. The molecule has 0 aromatic heterocycles. The normalized spacial score (nSPS) is 29.6. The monoisotopic (exact) mass is 362 g/mol. The number of hydrogen-bond acceptors (Lipinski definition) is 7. The summed E-state index contributed by atoms with van der Waals surface area (Å²) in [6, 6.07) is 0. The van der Waals surface area contributed by atoms with Gasteiger partial charge in [-0.2, -0.15) is 0 Å². The van der Waals surface area contributed by atoms with E-state index in [1.807, 2.05) is 0 Å². The van der Waals surface area contributed by atoms with Crippen molar-refractivity contribution in [3.63, 3.8) is 0 Å². The summed E-state index contributed by atoms with van der Waals surface area (Å²) in [5, 5.41) is 38.0. The molecule has 7 heteroatoms. The molecule has 4 N–H and O–H groups in total. The fraction of sp³-hybridized carbons (Fsp3) is 0.944. The van der Waals surface area contributed by atoms with Crippen molar-refractivity contribution in [2.45, 2.75) is 102 Å². The van der Waals surface area contributed by atoms with Crippen molar-refractivity contribution in [3.05, 3.63) is 0 Å². The Kier molecular flexibility index (Phi) is 11.2. The first-order valence-electron chi connectivity index (χ1n) is 9.53. The Morgan fingerprint density at radius 3 is 1.88 bits per heavy atom. The highest BCUT2D eigenvalue weighted by atomic mass is 16.7. The van der Waals surface area contributed by atoms with Crippen LogP contribution < -0.4 is 0 Å². The van der Waals surface area contributed by atoms with Gasteiger partial charge in [0.1, 0.15) is 18.3 Å². The molecule has 0 amide bonds. The second kappa shape index (κ2) is 12.6. The Labute approximate surface area is 150 Å². The maximum absolute atomic E-state index is 11.9. The molecule has 1 heterocycles. The van der Waals surface area contributed by atoms with Gasteiger partial charge >= 0.3 is 5.97 Å². The number of esters is 1. The largest absolute Gasteiger partial charge is 0.464 e. The SMILES string of the molecule is CCCCCCCCCCCCOC(=O)[C@H]1OC(O)[C@H](O)[C@@H](O)[C@@H]1O. The number of hydrogen-bond donors (Lipinski definition) is 4. The highest BCUT2D eigenvalue weighted by Crippen LogP contribution is 2.21. The predicted molar refractivity (Wildman–Crippen MR) is 91.7 cm³/mol. The van der Waals surface area contributed by atoms with Crippen LogP contribution in [0.4, 0.5) is 0 Å². The summed E-state index contributed by atoms with van der Waals surface area (Å²) in [7, 11) is 0. The summed E-state index contributed by atoms with van der Waals surface area (Å²) in [5.74, 6) is -0.839. The van der Waals surface area contributed by atoms with Crippen molar-refractivity contribution in [3.8, 4) is 0 Å². The minimum Gasteiger partial charge on any atom is -0.464 e. The third-order valence-corrected chi connectivity index (χ3v) is 4.56. The first-order chi connectivity index (χ1) is 12.0. The number of aliphatic hydroxyl groups excluding tert-OH is 4. The van der Waals surface area contributed by atoms with E-state index in [0.717, 1.165) is 19.3 Å². The number of carbonyl (C=O) groups is 1. The van der Waals surface area contributed by atoms with Crippen LogP contribution in [0.1, 0.15) is 71.1 Å². The minimum absolute atomic E-state index is 0.205. The Morgan fingerprint density at radius 2 is 1.32 bits per heavy atom. The fourth-order valence-corrected chi connectivity index (χ4v) is 2.90. The van der Waals surface area contributed by atoms with Gasteiger partial charge in [0.15, 0.2) is 12.4 Å². The number of aliphatic hydroxyl groups is 4. The van der Waals surface area contributed by atoms with Gasteiger partial charge in [-0.3, -0.25) is 0 Å². The lowest BCUT2D eigenvalue weighted by Crippen LogP contribution is -2.59. The number of rotatable bonds is 12. The van der Waals surface area contributed by atoms with E-state index in [-0.39, 0.29) is 6.61 Å². The van der Waals surface area contributed by atoms with Crippen LogP contribution in [0, 0.1) is 0 Å². The van der Waals surface area contributed by atoms with Crippen molar-refractivity contribution in [2.75, 3.05) is 6.61 Å². The molecule has 1 aliphatic rings. The Morgan fingerprint density at radius 1 is 0.800 bits per heavy atom. The van der Waals surface area contributed by atoms with Crippen LogP contribution in [-0.2, 0) is 14.3 Å². The second-order valence-corrected chi connectivity index (χ2v) is 6.77. The number of carbonyl (C=O) groups excluding carboxylic acids is 1. The lowest BCUT2D eigenvalue weighted by Gasteiger charge is -2.36. The molecule has 1 saturated heterocycles. The maximum atomic E-state index is 11.9. The van der Waals surface area contributed by atoms with Gasteiger partial charge in [0.05, 0.1) is 6.61 Å². The zero-order valence-corrected chi connectivity index (χ0v) is 15.2. The zero-order chi connectivity index (χ0) is 18.7. The fourth-order valence-electron chi connectivity index (χ4n) is 2.90. The van der Waals surface area contributed by atoms with Gasteiger partial charge in [0.2, 0.25) is 0 Å². The molecule has 1 rings (SSSR count). The molecular weight excluding hydrogens is 328 g/mol. The highest BCUT2D eigenvalue weighted by molar-refractivity contribution is 5.75. The summed E-state index contributed by atoms with van der Waals surface area (Å²) >= 11 is 0. The van der Waals surface area contributed by atoms with E-state index < -0.39 is 36.7 Å². The number of unbranched alkanes of at least 4 members (excludes halogenated alkanes) is 9. The van der Waals surface area contributed by atoms with E-state index in [1.165, 1.54) is 44.9 Å². The Hall–Kier alpha value is -0.730. The average molecular weight is 362 g/mol. The van der Waals surface area contributed by atoms with Gasteiger partial charge < -0.3 is 29.9 Å². The van der Waals surface area contributed by atoms with Gasteiger partial charge in [-0.15, -0.1) is 0 Å². The molecule has 1 aliphatic heterocycles. The summed E-state index contributed by atoms with van der Waals surface area (Å²) in [5.41, 5.74) is 0. The van der Waals surface area contributed by atoms with Crippen molar-refractivity contribution < 1.29 is 34.7 Å². The van der Waals surface area contributed by atoms with Gasteiger partial charge in [-0.1, -0.05) is 64.7 Å². The molecule has 25 heavy (non-hydrogen) atoms. The van der Waals surface area contributed by atoms with E-state index in [9.17, 15) is 25.2 Å². The van der Waals surface area contributed by atoms with Gasteiger partial charge in [-0.25, -0.2) is 4.79 Å². The molecule has 0 radical (unpaired) electrons. The van der Waals surface area contributed by atoms with E-state index in [0.29, 0.717) is 0 Å². The second-order valence-electron chi connectivity index (χ2n) is 6.77. The topological polar surface area (TPSA) is 116 Å². The lowest BCUT2D eigenvalue weighted by atomic mass is 9.99. The van der Waals surface area contributed by atoms with Crippen LogP contribution >= 0.6 is 0 Å². The molecule has 1 unspecified atom stereocenters. The quantitative estimate of drug-likeness (QED) is 0.305. The summed E-state index contributed by atoms with van der Waals surface area (Å²) in [4.78, 5) is 11.9. The van der Waals surface area contributed by atoms with Crippen LogP contribution in [0.15, 0.2) is 0 Å². The lowest BCUT2D eigenvalue weighted by molar-refractivity contribution is -0.281. The third kappa shape index (κ3) is 8.00. The summed E-state index contributed by atoms with van der Waals surface area (Å²) in [6.07, 6.45) is 3.53. The van der Waals surface area contributed by atoms with Crippen LogP contribution in [0.3, 0.4) is 0 Å². The molecule has 1 fully saturated rings. The molecule has 0 aromatic carbocycles. The van der Waals surface area contributed by atoms with Crippen LogP contribution in [0.25, 0.3) is 0 Å². The molecule has 148 valence electrons. The molecule has 0 saturated carbocycles. The van der Waals surface area contributed by atoms with Gasteiger partial charge in [0.25, 0.3) is 0 Å². The maximum Gasteiger partial charge on any atom is 0.338 e. The van der Waals surface area contributed by atoms with E-state index >= 15 is 0 Å². The predicted octanol–water partition coefficient (Wildman–Crippen LogP) is 1.25. The minimum atomic E-state index is -1.73. The summed E-state index contributed by atoms with van der Waals surface area (Å²) < 4.78 is 9.84. The van der Waals surface area contributed by atoms with E-state index in [2.05, 4.69) is 6.92 Å². The van der Waals surface area contributed by atoms with Crippen molar-refractivity contribution in [1.82, 2.24) is 0 Å². The van der Waals surface area contributed by atoms with Crippen LogP contribution in [0.2, 0.25) is 0 Å². The molecule has 0 spiro atoms. The molecule has 0 bridgehead atoms. The van der Waals surface area contributed by atoms with E-state index in [1.54, 1.807) is 0 Å². The average Bonchev–Trinajstić information content (AvgIpc) is 2.60. The first-order valence-corrected chi connectivity index (χ1v) is 9.53. The molecular formula is C18H34O7. The molecule has 5 atom stereocenters. The molecule has 0 aliphatic carbocycles. The molecule has 0 aromatic rings. The zero-order valence-electron chi connectivity index (χ0n) is 15.2. The van der Waals surface area contributed by atoms with Gasteiger partial charge in [-0.05, 0) is 6.42 Å². The van der Waals surface area contributed by atoms with Crippen molar-refractivity contribution in [1.29, 1.82) is 0 Å². The van der Waals surface area contributed by atoms with Gasteiger partial charge in [0, 0.05) is 0 Å². The smallest absolute Gasteiger partial charge is 0.338 e. The third-order valence-electron chi connectivity index (χ3n) is 4.56. The van der Waals surface area contributed by atoms with E-state index in [4.69, 9.17) is 9.47 Å². The van der Waals surface area contributed by atoms with Crippen molar-refractivity contribution >= 4 is 5.97 Å². The Bertz CT molecular complexity index is 363. The van der Waals surface area contributed by atoms with Crippen LogP contribution in [-0.4, -0.2) is 63.7 Å². The Balaban J connectivity index is 2.05. The highest BCUT2D eigenvalue weighted by Gasteiger charge is 2.46.